The predicted octanol–water partition coefficient (Wildman–Crippen LogP) is -0.0945. The molecule has 4 N–H and O–H groups in total. The van der Waals surface area contributed by atoms with Crippen LogP contribution < -0.4 is 11.1 Å². The van der Waals surface area contributed by atoms with Gasteiger partial charge in [0.05, 0.1) is 12.6 Å². The van der Waals surface area contributed by atoms with Crippen LogP contribution in [0, 0.1) is 5.92 Å². The predicted molar refractivity (Wildman–Crippen MR) is 51.9 cm³/mol. The van der Waals surface area contributed by atoms with Crippen molar-refractivity contribution in [2.24, 2.45) is 11.7 Å². The van der Waals surface area contributed by atoms with Crippen LogP contribution in [0.3, 0.4) is 0 Å². The summed E-state index contributed by atoms with van der Waals surface area (Å²) in [6.45, 7) is 0.689. The molecule has 13 heavy (non-hydrogen) atoms. The molecule has 0 spiro atoms. The van der Waals surface area contributed by atoms with Gasteiger partial charge in [0.1, 0.15) is 0 Å². The monoisotopic (exact) mass is 178 g/mol. The lowest BCUT2D eigenvalue weighted by molar-refractivity contribution is 0.320. The zero-order valence-electron chi connectivity index (χ0n) is 7.40. The highest BCUT2D eigenvalue weighted by atomic mass is 16.3. The summed E-state index contributed by atoms with van der Waals surface area (Å²) in [5.74, 6) is 0.300. The maximum atomic E-state index is 9.07. The molecule has 0 bridgehead atoms. The second-order valence-corrected chi connectivity index (χ2v) is 3.40. The fourth-order valence-electron chi connectivity index (χ4n) is 1.82. The number of hydrogen-bond donors (Lipinski definition) is 3. The Bertz CT molecular complexity index is 291. The Labute approximate surface area is 77.6 Å². The van der Waals surface area contributed by atoms with Gasteiger partial charge in [0.25, 0.3) is 0 Å². The number of aliphatic hydroxyl groups is 1. The summed E-state index contributed by atoms with van der Waals surface area (Å²) >= 11 is 0. The van der Waals surface area contributed by atoms with E-state index < -0.39 is 0 Å². The molecule has 0 amide bonds. The molecule has 70 valence electrons. The van der Waals surface area contributed by atoms with Crippen molar-refractivity contribution < 1.29 is 5.11 Å². The standard InChI is InChI=1S/C10H14N2O/c11-4-7-1-2-10-9(3-7)8(6-13)5-12-10/h1-3,5,9-10,12-13H,4,6,11H2. The first-order chi connectivity index (χ1) is 6.35. The fourth-order valence-corrected chi connectivity index (χ4v) is 1.82. The number of nitrogens with two attached hydrogens (primary N) is 1. The third-order valence-electron chi connectivity index (χ3n) is 2.61. The average molecular weight is 178 g/mol. The van der Waals surface area contributed by atoms with Crippen molar-refractivity contribution in [3.8, 4) is 0 Å². The Morgan fingerprint density at radius 2 is 2.38 bits per heavy atom. The molecule has 2 unspecified atom stereocenters. The van der Waals surface area contributed by atoms with E-state index in [0.29, 0.717) is 18.5 Å². The minimum atomic E-state index is 0.121. The largest absolute Gasteiger partial charge is 0.392 e. The quantitative estimate of drug-likeness (QED) is 0.553. The van der Waals surface area contributed by atoms with Crippen molar-refractivity contribution in [3.63, 3.8) is 0 Å². The summed E-state index contributed by atoms with van der Waals surface area (Å²) in [5, 5.41) is 12.3. The third kappa shape index (κ3) is 1.41. The maximum absolute atomic E-state index is 9.07. The molecule has 0 aromatic heterocycles. The summed E-state index contributed by atoms with van der Waals surface area (Å²) < 4.78 is 0. The molecule has 3 heteroatoms. The minimum Gasteiger partial charge on any atom is -0.392 e. The SMILES string of the molecule is NCC1=CC2C(CO)=CNC2C=C1. The molecule has 2 atom stereocenters. The van der Waals surface area contributed by atoms with Gasteiger partial charge in [-0.2, -0.15) is 0 Å². The fraction of sp³-hybridized carbons (Fsp3) is 0.400. The van der Waals surface area contributed by atoms with Crippen molar-refractivity contribution in [3.05, 3.63) is 35.6 Å². The smallest absolute Gasteiger partial charge is 0.0665 e. The number of fused-ring (bicyclic) bond motifs is 1. The second-order valence-electron chi connectivity index (χ2n) is 3.40. The van der Waals surface area contributed by atoms with Crippen LogP contribution in [-0.2, 0) is 0 Å². The first kappa shape index (κ1) is 8.53. The highest BCUT2D eigenvalue weighted by Crippen LogP contribution is 2.27. The van der Waals surface area contributed by atoms with Gasteiger partial charge in [0.15, 0.2) is 0 Å². The van der Waals surface area contributed by atoms with Crippen LogP contribution in [0.5, 0.6) is 0 Å². The highest BCUT2D eigenvalue weighted by Gasteiger charge is 2.27. The van der Waals surface area contributed by atoms with Crippen LogP contribution in [0.4, 0.5) is 0 Å². The van der Waals surface area contributed by atoms with Gasteiger partial charge in [0.2, 0.25) is 0 Å². The molecular weight excluding hydrogens is 164 g/mol. The van der Waals surface area contributed by atoms with Gasteiger partial charge >= 0.3 is 0 Å². The molecule has 0 saturated heterocycles. The van der Waals surface area contributed by atoms with Gasteiger partial charge in [-0.05, 0) is 17.3 Å². The molecule has 3 nitrogen and oxygen atoms in total. The Balaban J connectivity index is 2.20. The second kappa shape index (κ2) is 3.36. The van der Waals surface area contributed by atoms with E-state index in [1.165, 1.54) is 0 Å². The van der Waals surface area contributed by atoms with E-state index in [4.69, 9.17) is 10.8 Å². The Morgan fingerprint density at radius 3 is 3.08 bits per heavy atom. The summed E-state index contributed by atoms with van der Waals surface area (Å²) in [4.78, 5) is 0. The molecule has 0 radical (unpaired) electrons. The van der Waals surface area contributed by atoms with Gasteiger partial charge in [-0.3, -0.25) is 0 Å². The summed E-state index contributed by atoms with van der Waals surface area (Å²) in [7, 11) is 0. The van der Waals surface area contributed by atoms with Crippen molar-refractivity contribution >= 4 is 0 Å². The van der Waals surface area contributed by atoms with Gasteiger partial charge in [-0.15, -0.1) is 0 Å². The number of hydrogen-bond acceptors (Lipinski definition) is 3. The zero-order valence-corrected chi connectivity index (χ0v) is 7.40. The summed E-state index contributed by atoms with van der Waals surface area (Å²) in [6.07, 6.45) is 8.18. The highest BCUT2D eigenvalue weighted by molar-refractivity contribution is 5.37. The van der Waals surface area contributed by atoms with E-state index in [9.17, 15) is 0 Å². The van der Waals surface area contributed by atoms with Crippen LogP contribution in [0.15, 0.2) is 35.6 Å². The molecule has 1 aliphatic heterocycles. The first-order valence-electron chi connectivity index (χ1n) is 4.50. The van der Waals surface area contributed by atoms with E-state index in [-0.39, 0.29) is 6.61 Å². The van der Waals surface area contributed by atoms with E-state index >= 15 is 0 Å². The Kier molecular flexibility index (Phi) is 2.20. The lowest BCUT2D eigenvalue weighted by Gasteiger charge is -2.20. The average Bonchev–Trinajstić information content (AvgIpc) is 2.59. The Hall–Kier alpha value is -1.06. The molecule has 0 aromatic carbocycles. The summed E-state index contributed by atoms with van der Waals surface area (Å²) in [6, 6.07) is 0.317. The van der Waals surface area contributed by atoms with Crippen molar-refractivity contribution in [1.29, 1.82) is 0 Å². The molecule has 1 aliphatic carbocycles. The maximum Gasteiger partial charge on any atom is 0.0665 e. The van der Waals surface area contributed by atoms with E-state index in [1.807, 2.05) is 12.3 Å². The van der Waals surface area contributed by atoms with Crippen LogP contribution in [0.2, 0.25) is 0 Å². The zero-order chi connectivity index (χ0) is 9.26. The lowest BCUT2D eigenvalue weighted by Crippen LogP contribution is -2.27. The van der Waals surface area contributed by atoms with Crippen LogP contribution in [-0.4, -0.2) is 24.3 Å². The molecule has 2 rings (SSSR count). The third-order valence-corrected chi connectivity index (χ3v) is 2.61. The molecule has 1 heterocycles. The van der Waals surface area contributed by atoms with E-state index in [2.05, 4.69) is 17.5 Å². The van der Waals surface area contributed by atoms with Gasteiger partial charge in [-0.25, -0.2) is 0 Å². The first-order valence-corrected chi connectivity index (χ1v) is 4.50. The topological polar surface area (TPSA) is 58.3 Å². The van der Waals surface area contributed by atoms with Crippen molar-refractivity contribution in [1.82, 2.24) is 5.32 Å². The van der Waals surface area contributed by atoms with Gasteiger partial charge in [-0.1, -0.05) is 18.2 Å². The number of nitrogens with one attached hydrogen (secondary N) is 1. The summed E-state index contributed by atoms with van der Waals surface area (Å²) in [5.41, 5.74) is 7.74. The van der Waals surface area contributed by atoms with Gasteiger partial charge in [0, 0.05) is 12.5 Å². The van der Waals surface area contributed by atoms with E-state index in [0.717, 1.165) is 11.1 Å². The van der Waals surface area contributed by atoms with Gasteiger partial charge < -0.3 is 16.2 Å². The minimum absolute atomic E-state index is 0.121. The molecular formula is C10H14N2O. The molecule has 2 aliphatic rings. The molecule has 0 fully saturated rings. The lowest BCUT2D eigenvalue weighted by atomic mass is 9.89. The Morgan fingerprint density at radius 1 is 1.54 bits per heavy atom. The molecule has 0 saturated carbocycles. The van der Waals surface area contributed by atoms with Crippen molar-refractivity contribution in [2.45, 2.75) is 6.04 Å². The normalized spacial score (nSPS) is 30.6. The molecule has 0 aromatic rings. The van der Waals surface area contributed by atoms with Crippen LogP contribution in [0.1, 0.15) is 0 Å². The van der Waals surface area contributed by atoms with Crippen molar-refractivity contribution in [2.75, 3.05) is 13.2 Å². The van der Waals surface area contributed by atoms with Crippen LogP contribution in [0.25, 0.3) is 0 Å². The number of rotatable bonds is 2. The number of aliphatic hydroxyl groups excluding tert-OH is 1. The van der Waals surface area contributed by atoms with E-state index in [1.54, 1.807) is 0 Å². The van der Waals surface area contributed by atoms with Crippen LogP contribution >= 0.6 is 0 Å².